The molecule has 1 aromatic rings. The number of hydrogen-bond acceptors (Lipinski definition) is 1. The topological polar surface area (TPSA) is 20.2 Å². The van der Waals surface area contributed by atoms with Crippen LogP contribution >= 0.6 is 0 Å². The van der Waals surface area contributed by atoms with E-state index >= 15 is 0 Å². The molecular formula is C20H29Cl2OTi-2. The molecule has 1 aromatic carbocycles. The fourth-order valence-corrected chi connectivity index (χ4v) is 1.89. The smallest absolute Gasteiger partial charge is 1.00 e. The molecule has 0 unspecified atom stereocenters. The molecule has 1 nitrogen and oxygen atoms in total. The first kappa shape index (κ1) is 28.5. The Bertz CT molecular complexity index is 523. The first-order valence-corrected chi connectivity index (χ1v) is 8.64. The van der Waals surface area contributed by atoms with Crippen LogP contribution in [0.1, 0.15) is 53.5 Å². The van der Waals surface area contributed by atoms with E-state index < -0.39 is 0 Å². The molecule has 0 aliphatic heterocycles. The molecule has 0 radical (unpaired) electrons. The van der Waals surface area contributed by atoms with E-state index in [1.54, 1.807) is 32.1 Å². The predicted molar refractivity (Wildman–Crippen MR) is 93.9 cm³/mol. The van der Waals surface area contributed by atoms with Gasteiger partial charge in [-0.2, -0.15) is 6.08 Å². The Morgan fingerprint density at radius 1 is 1.00 bits per heavy atom. The molecule has 0 aromatic heterocycles. The van der Waals surface area contributed by atoms with E-state index in [0.29, 0.717) is 11.2 Å². The summed E-state index contributed by atoms with van der Waals surface area (Å²) in [5.74, 6) is 0.345. The number of hydrogen-bond donors (Lipinski definition) is 1. The van der Waals surface area contributed by atoms with Crippen molar-refractivity contribution in [2.45, 2.75) is 53.4 Å². The monoisotopic (exact) mass is 403 g/mol. The van der Waals surface area contributed by atoms with Crippen molar-refractivity contribution in [1.29, 1.82) is 0 Å². The van der Waals surface area contributed by atoms with Crippen molar-refractivity contribution in [2.75, 3.05) is 0 Å². The van der Waals surface area contributed by atoms with Crippen molar-refractivity contribution in [3.05, 3.63) is 53.6 Å². The van der Waals surface area contributed by atoms with Gasteiger partial charge in [-0.1, -0.05) is 53.7 Å². The van der Waals surface area contributed by atoms with Crippen molar-refractivity contribution in [3.8, 4) is 5.75 Å². The summed E-state index contributed by atoms with van der Waals surface area (Å²) in [4.78, 5) is 3.25. The molecule has 0 atom stereocenters. The third-order valence-corrected chi connectivity index (χ3v) is 3.22. The number of phenols is 1. The summed E-state index contributed by atoms with van der Waals surface area (Å²) in [6, 6.07) is 7.39. The fourth-order valence-electron chi connectivity index (χ4n) is 1.89. The summed E-state index contributed by atoms with van der Waals surface area (Å²) in [7, 11) is 0. The minimum Gasteiger partial charge on any atom is -1.00 e. The fraction of sp³-hybridized carbons (Fsp3) is 0.450. The van der Waals surface area contributed by atoms with Crippen LogP contribution in [-0.2, 0) is 25.4 Å². The molecule has 0 saturated carbocycles. The standard InChI is InChI=1S/C10H14O.C9H13.CH2.2ClH.Ti/c1-10(2,3)8-5-4-6-9(11)7-8;1-9(2,3)8-6-4-5-7-8;;;;/h4-7,11H,1-3H3;4,6H,5H2,1-3H3;1H2;2*1H;/q;-1;;;;+1/p-2. The number of allylic oxidation sites excluding steroid dienone is 4. The first-order valence-electron chi connectivity index (χ1n) is 7.53. The number of rotatable bonds is 0. The van der Waals surface area contributed by atoms with Crippen LogP contribution in [0.2, 0.25) is 0 Å². The summed E-state index contributed by atoms with van der Waals surface area (Å²) in [6.07, 6.45) is 8.63. The first-order chi connectivity index (χ1) is 10.1. The predicted octanol–water partition coefficient (Wildman–Crippen LogP) is -0.615. The van der Waals surface area contributed by atoms with E-state index in [9.17, 15) is 5.11 Å². The third-order valence-electron chi connectivity index (χ3n) is 3.22. The van der Waals surface area contributed by atoms with Crippen molar-refractivity contribution >= 4 is 4.82 Å². The summed E-state index contributed by atoms with van der Waals surface area (Å²) in [5.41, 5.74) is 2.94. The van der Waals surface area contributed by atoms with Gasteiger partial charge in [0.25, 0.3) is 0 Å². The second-order valence-corrected chi connectivity index (χ2v) is 7.25. The van der Waals surface area contributed by atoms with Gasteiger partial charge in [-0.05, 0) is 28.5 Å². The third kappa shape index (κ3) is 11.3. The molecule has 135 valence electrons. The van der Waals surface area contributed by atoms with Gasteiger partial charge in [0.05, 0.1) is 0 Å². The normalized spacial score (nSPS) is 12.4. The van der Waals surface area contributed by atoms with Crippen LogP contribution in [0.25, 0.3) is 0 Å². The van der Waals surface area contributed by atoms with Gasteiger partial charge < -0.3 is 29.9 Å². The number of benzene rings is 1. The van der Waals surface area contributed by atoms with Gasteiger partial charge in [-0.15, -0.1) is 6.42 Å². The Morgan fingerprint density at radius 2 is 1.54 bits per heavy atom. The van der Waals surface area contributed by atoms with E-state index in [4.69, 9.17) is 0 Å². The Kier molecular flexibility index (Phi) is 15.4. The van der Waals surface area contributed by atoms with Crippen LogP contribution in [0.3, 0.4) is 0 Å². The number of halogens is 2. The summed E-state index contributed by atoms with van der Waals surface area (Å²) < 4.78 is 0. The molecule has 1 aliphatic carbocycles. The Labute approximate surface area is 172 Å². The molecule has 0 fully saturated rings. The second-order valence-electron chi connectivity index (χ2n) is 7.25. The van der Waals surface area contributed by atoms with E-state index in [2.05, 4.69) is 64.6 Å². The van der Waals surface area contributed by atoms with Crippen LogP contribution in [-0.4, -0.2) is 9.92 Å². The van der Waals surface area contributed by atoms with Gasteiger partial charge in [-0.3, -0.25) is 6.08 Å². The van der Waals surface area contributed by atoms with Crippen molar-refractivity contribution < 1.29 is 49.9 Å². The van der Waals surface area contributed by atoms with Gasteiger partial charge in [0.1, 0.15) is 5.75 Å². The van der Waals surface area contributed by atoms with Gasteiger partial charge in [0.15, 0.2) is 0 Å². The maximum absolute atomic E-state index is 9.18. The second kappa shape index (κ2) is 12.9. The maximum atomic E-state index is 9.18. The zero-order chi connectivity index (χ0) is 17.4. The Morgan fingerprint density at radius 3 is 1.79 bits per heavy atom. The van der Waals surface area contributed by atoms with Crippen LogP contribution in [0.4, 0.5) is 0 Å². The minimum absolute atomic E-state index is 0. The molecule has 0 saturated heterocycles. The van der Waals surface area contributed by atoms with E-state index in [0.717, 1.165) is 12.0 Å². The molecule has 0 heterocycles. The van der Waals surface area contributed by atoms with Gasteiger partial charge >= 0.3 is 24.8 Å². The van der Waals surface area contributed by atoms with E-state index in [1.165, 1.54) is 5.57 Å². The van der Waals surface area contributed by atoms with E-state index in [-0.39, 0.29) is 30.2 Å². The molecule has 0 amide bonds. The molecule has 2 rings (SSSR count). The molecule has 0 bridgehead atoms. The minimum atomic E-state index is 0. The van der Waals surface area contributed by atoms with Crippen LogP contribution in [0.5, 0.6) is 5.75 Å². The van der Waals surface area contributed by atoms with Gasteiger partial charge in [-0.25, -0.2) is 11.6 Å². The molecule has 1 N–H and O–H groups in total. The SMILES string of the molecule is CC(C)(C)C1=[C-]CC=C1.CC(C)(C)c1cccc(O)c1.[CH2]=[Ti+].[Cl-].[Cl-]. The molecule has 1 aliphatic rings. The summed E-state index contributed by atoms with van der Waals surface area (Å²) >= 11 is 1.75. The molecular weight excluding hydrogens is 375 g/mol. The van der Waals surface area contributed by atoms with E-state index in [1.807, 2.05) is 12.1 Å². The Hall–Kier alpha value is -0.336. The average Bonchev–Trinajstić information content (AvgIpc) is 2.95. The molecule has 24 heavy (non-hydrogen) atoms. The molecule has 4 heteroatoms. The van der Waals surface area contributed by atoms with Crippen molar-refractivity contribution in [3.63, 3.8) is 0 Å². The van der Waals surface area contributed by atoms with Crippen LogP contribution in [0.15, 0.2) is 42.0 Å². The summed E-state index contributed by atoms with van der Waals surface area (Å²) in [5, 5.41) is 9.18. The quantitative estimate of drug-likeness (QED) is 0.452. The maximum Gasteiger partial charge on any atom is -1.00 e. The van der Waals surface area contributed by atoms with Crippen molar-refractivity contribution in [2.24, 2.45) is 5.41 Å². The average molecular weight is 404 g/mol. The van der Waals surface area contributed by atoms with Crippen LogP contribution < -0.4 is 24.8 Å². The van der Waals surface area contributed by atoms with Gasteiger partial charge in [0.2, 0.25) is 0 Å². The zero-order valence-corrected chi connectivity index (χ0v) is 18.7. The Balaban J connectivity index is -0.000000313. The zero-order valence-electron chi connectivity index (χ0n) is 15.6. The molecule has 0 spiro atoms. The number of phenolic OH excluding ortho intramolecular Hbond substituents is 1. The summed E-state index contributed by atoms with van der Waals surface area (Å²) in [6.45, 7) is 13.0. The van der Waals surface area contributed by atoms with Crippen molar-refractivity contribution in [1.82, 2.24) is 0 Å². The largest absolute Gasteiger partial charge is 1.00 e. The number of aromatic hydroxyl groups is 1. The van der Waals surface area contributed by atoms with Crippen LogP contribution in [0, 0.1) is 11.5 Å². The van der Waals surface area contributed by atoms with Gasteiger partial charge in [0, 0.05) is 0 Å².